The molecule has 1 amide bonds. The van der Waals surface area contributed by atoms with Gasteiger partial charge in [0.1, 0.15) is 16.4 Å². The fourth-order valence-electron chi connectivity index (χ4n) is 3.17. The van der Waals surface area contributed by atoms with Crippen molar-refractivity contribution in [2.24, 2.45) is 0 Å². The maximum atomic E-state index is 13.1. The molecule has 0 aliphatic carbocycles. The molecule has 3 rings (SSSR count). The van der Waals surface area contributed by atoms with Gasteiger partial charge in [0.25, 0.3) is 5.91 Å². The maximum Gasteiger partial charge on any atom is 0.255 e. The lowest BCUT2D eigenvalue weighted by Gasteiger charge is -2.26. The molecule has 0 unspecified atom stereocenters. The first-order valence-corrected chi connectivity index (χ1v) is 10.5. The first-order chi connectivity index (χ1) is 13.5. The highest BCUT2D eigenvalue weighted by molar-refractivity contribution is 7.89. The van der Waals surface area contributed by atoms with Gasteiger partial charge in [-0.25, -0.2) is 8.42 Å². The van der Waals surface area contributed by atoms with Gasteiger partial charge >= 0.3 is 0 Å². The number of carbonyl (C=O) groups excluding carboxylic acids is 1. The molecule has 1 saturated heterocycles. The third-order valence-electron chi connectivity index (χ3n) is 4.69. The van der Waals surface area contributed by atoms with E-state index < -0.39 is 10.0 Å². The average Bonchev–Trinajstić information content (AvgIpc) is 2.74. The first kappa shape index (κ1) is 20.2. The van der Waals surface area contributed by atoms with Crippen LogP contribution in [0.1, 0.15) is 29.6 Å². The van der Waals surface area contributed by atoms with Crippen LogP contribution in [-0.2, 0) is 10.0 Å². The molecule has 1 fully saturated rings. The number of hydrogen-bond acceptors (Lipinski definition) is 5. The molecule has 8 heteroatoms. The summed E-state index contributed by atoms with van der Waals surface area (Å²) in [6.07, 6.45) is 2.71. The second-order valence-electron chi connectivity index (χ2n) is 6.52. The first-order valence-electron chi connectivity index (χ1n) is 9.09. The number of piperidine rings is 1. The highest BCUT2D eigenvalue weighted by Gasteiger charge is 2.29. The quantitative estimate of drug-likeness (QED) is 0.800. The zero-order chi connectivity index (χ0) is 20.1. The summed E-state index contributed by atoms with van der Waals surface area (Å²) in [7, 11) is -0.746. The molecular weight excluding hydrogens is 380 g/mol. The van der Waals surface area contributed by atoms with Crippen LogP contribution in [0.3, 0.4) is 0 Å². The van der Waals surface area contributed by atoms with Crippen LogP contribution in [0.2, 0.25) is 0 Å². The van der Waals surface area contributed by atoms with Gasteiger partial charge in [-0.1, -0.05) is 12.5 Å². The fourth-order valence-corrected chi connectivity index (χ4v) is 4.87. The van der Waals surface area contributed by atoms with Gasteiger partial charge in [0.05, 0.1) is 14.2 Å². The van der Waals surface area contributed by atoms with Crippen LogP contribution in [0.25, 0.3) is 0 Å². The van der Waals surface area contributed by atoms with Gasteiger partial charge in [-0.2, -0.15) is 4.31 Å². The summed E-state index contributed by atoms with van der Waals surface area (Å²) in [5, 5.41) is 2.74. The normalized spacial score (nSPS) is 15.1. The van der Waals surface area contributed by atoms with Crippen molar-refractivity contribution in [2.75, 3.05) is 32.6 Å². The molecule has 0 saturated carbocycles. The van der Waals surface area contributed by atoms with Crippen LogP contribution in [0, 0.1) is 0 Å². The fraction of sp³-hybridized carbons (Fsp3) is 0.350. The summed E-state index contributed by atoms with van der Waals surface area (Å²) < 4.78 is 38.0. The summed E-state index contributed by atoms with van der Waals surface area (Å²) in [4.78, 5) is 12.6. The van der Waals surface area contributed by atoms with Crippen molar-refractivity contribution in [2.45, 2.75) is 24.2 Å². The summed E-state index contributed by atoms with van der Waals surface area (Å²) in [6, 6.07) is 11.4. The molecule has 1 N–H and O–H groups in total. The molecule has 1 heterocycles. The number of nitrogens with zero attached hydrogens (tertiary/aromatic N) is 1. The molecule has 2 aromatic carbocycles. The molecule has 2 aromatic rings. The van der Waals surface area contributed by atoms with E-state index in [2.05, 4.69) is 5.32 Å². The monoisotopic (exact) mass is 404 g/mol. The number of nitrogens with one attached hydrogen (secondary N) is 1. The summed E-state index contributed by atoms with van der Waals surface area (Å²) in [6.45, 7) is 0.984. The van der Waals surface area contributed by atoms with Crippen molar-refractivity contribution in [3.8, 4) is 11.5 Å². The largest absolute Gasteiger partial charge is 0.497 e. The predicted molar refractivity (Wildman–Crippen MR) is 107 cm³/mol. The number of carbonyl (C=O) groups is 1. The van der Waals surface area contributed by atoms with Gasteiger partial charge in [0.15, 0.2) is 0 Å². The topological polar surface area (TPSA) is 84.9 Å². The molecule has 1 aliphatic heterocycles. The number of methoxy groups -OCH3 is 2. The SMILES string of the molecule is COc1cccc(C(=O)Nc2ccc(OC)c(S(=O)(=O)N3CCCCC3)c2)c1. The molecule has 150 valence electrons. The Balaban J connectivity index is 1.89. The lowest BCUT2D eigenvalue weighted by Crippen LogP contribution is -2.35. The van der Waals surface area contributed by atoms with Gasteiger partial charge in [0, 0.05) is 24.3 Å². The number of anilines is 1. The molecule has 0 aromatic heterocycles. The zero-order valence-corrected chi connectivity index (χ0v) is 16.8. The maximum absolute atomic E-state index is 13.1. The zero-order valence-electron chi connectivity index (χ0n) is 16.0. The Bertz CT molecular complexity index is 953. The smallest absolute Gasteiger partial charge is 0.255 e. The Morgan fingerprint density at radius 1 is 1.00 bits per heavy atom. The van der Waals surface area contributed by atoms with Gasteiger partial charge in [-0.15, -0.1) is 0 Å². The number of ether oxygens (including phenoxy) is 2. The van der Waals surface area contributed by atoms with E-state index in [1.165, 1.54) is 24.6 Å². The number of rotatable bonds is 6. The number of benzene rings is 2. The highest BCUT2D eigenvalue weighted by atomic mass is 32.2. The Labute approximate surface area is 165 Å². The van der Waals surface area contributed by atoms with Gasteiger partial charge in [0.2, 0.25) is 10.0 Å². The van der Waals surface area contributed by atoms with Crippen molar-refractivity contribution in [1.29, 1.82) is 0 Å². The van der Waals surface area contributed by atoms with E-state index in [4.69, 9.17) is 9.47 Å². The Morgan fingerprint density at radius 3 is 2.43 bits per heavy atom. The molecule has 0 atom stereocenters. The Hall–Kier alpha value is -2.58. The third kappa shape index (κ3) is 4.28. The van der Waals surface area contributed by atoms with Gasteiger partial charge in [-0.3, -0.25) is 4.79 Å². The lowest BCUT2D eigenvalue weighted by molar-refractivity contribution is 0.102. The van der Waals surface area contributed by atoms with Crippen molar-refractivity contribution in [1.82, 2.24) is 4.31 Å². The molecule has 7 nitrogen and oxygen atoms in total. The van der Waals surface area contributed by atoms with E-state index in [0.29, 0.717) is 30.1 Å². The summed E-state index contributed by atoms with van der Waals surface area (Å²) in [5.74, 6) is 0.464. The molecule has 0 radical (unpaired) electrons. The van der Waals surface area contributed by atoms with Crippen molar-refractivity contribution in [3.05, 3.63) is 48.0 Å². The van der Waals surface area contributed by atoms with Crippen LogP contribution in [-0.4, -0.2) is 45.9 Å². The van der Waals surface area contributed by atoms with Crippen LogP contribution in [0.5, 0.6) is 11.5 Å². The molecule has 1 aliphatic rings. The Morgan fingerprint density at radius 2 is 1.75 bits per heavy atom. The molecule has 0 bridgehead atoms. The van der Waals surface area contributed by atoms with Crippen molar-refractivity contribution < 1.29 is 22.7 Å². The minimum Gasteiger partial charge on any atom is -0.497 e. The summed E-state index contributed by atoms with van der Waals surface area (Å²) >= 11 is 0. The van der Waals surface area contributed by atoms with Crippen LogP contribution < -0.4 is 14.8 Å². The van der Waals surface area contributed by atoms with Crippen molar-refractivity contribution >= 4 is 21.6 Å². The second kappa shape index (κ2) is 8.62. The molecule has 0 spiro atoms. The number of amides is 1. The van der Waals surface area contributed by atoms with E-state index in [9.17, 15) is 13.2 Å². The predicted octanol–water partition coefficient (Wildman–Crippen LogP) is 3.13. The average molecular weight is 404 g/mol. The van der Waals surface area contributed by atoms with E-state index in [1.54, 1.807) is 36.4 Å². The Kier molecular flexibility index (Phi) is 6.21. The number of hydrogen-bond donors (Lipinski definition) is 1. The number of sulfonamides is 1. The van der Waals surface area contributed by atoms with Crippen molar-refractivity contribution in [3.63, 3.8) is 0 Å². The second-order valence-corrected chi connectivity index (χ2v) is 8.42. The van der Waals surface area contributed by atoms with E-state index in [-0.39, 0.29) is 16.6 Å². The van der Waals surface area contributed by atoms with E-state index in [0.717, 1.165) is 19.3 Å². The highest BCUT2D eigenvalue weighted by Crippen LogP contribution is 2.31. The standard InChI is InChI=1S/C20H24N2O5S/c1-26-17-8-6-7-15(13-17)20(23)21-16-9-10-18(27-2)19(14-16)28(24,25)22-11-4-3-5-12-22/h6-10,13-14H,3-5,11-12H2,1-2H3,(H,21,23). The third-order valence-corrected chi connectivity index (χ3v) is 6.61. The van der Waals surface area contributed by atoms with E-state index in [1.807, 2.05) is 0 Å². The van der Waals surface area contributed by atoms with Gasteiger partial charge in [-0.05, 0) is 49.2 Å². The minimum atomic E-state index is -3.70. The van der Waals surface area contributed by atoms with Crippen LogP contribution in [0.4, 0.5) is 5.69 Å². The molecular formula is C20H24N2O5S. The molecule has 28 heavy (non-hydrogen) atoms. The van der Waals surface area contributed by atoms with Crippen LogP contribution >= 0.6 is 0 Å². The van der Waals surface area contributed by atoms with E-state index >= 15 is 0 Å². The lowest BCUT2D eigenvalue weighted by atomic mass is 10.2. The van der Waals surface area contributed by atoms with Gasteiger partial charge < -0.3 is 14.8 Å². The minimum absolute atomic E-state index is 0.0559. The summed E-state index contributed by atoms with van der Waals surface area (Å²) in [5.41, 5.74) is 0.791. The van der Waals surface area contributed by atoms with Crippen LogP contribution in [0.15, 0.2) is 47.4 Å².